The second-order valence-electron chi connectivity index (χ2n) is 8.81. The first-order chi connectivity index (χ1) is 18.0. The quantitative estimate of drug-likeness (QED) is 0.155. The Hall–Kier alpha value is -2.15. The summed E-state index contributed by atoms with van der Waals surface area (Å²) in [6.07, 6.45) is 11.1. The molecule has 1 fully saturated rings. The Labute approximate surface area is 233 Å². The number of aromatic nitrogens is 2. The summed E-state index contributed by atoms with van der Waals surface area (Å²) in [6, 6.07) is 6.13. The van der Waals surface area contributed by atoms with Gasteiger partial charge in [0.25, 0.3) is 5.91 Å². The third-order valence-electron chi connectivity index (χ3n) is 6.10. The number of carbonyl (C=O) groups is 1. The van der Waals surface area contributed by atoms with E-state index in [9.17, 15) is 14.3 Å². The minimum Gasteiger partial charge on any atom is -0.394 e. The van der Waals surface area contributed by atoms with Gasteiger partial charge in [0.1, 0.15) is 5.82 Å². The molecule has 10 heteroatoms. The molecule has 1 aromatic heterocycles. The van der Waals surface area contributed by atoms with E-state index in [1.807, 2.05) is 24.0 Å². The Balaban J connectivity index is 0.00000235. The number of piperazine rings is 1. The summed E-state index contributed by atoms with van der Waals surface area (Å²) in [5.74, 6) is -0.0616. The van der Waals surface area contributed by atoms with Gasteiger partial charge in [0.05, 0.1) is 24.3 Å². The second kappa shape index (κ2) is 17.4. The molecule has 0 saturated carbocycles. The van der Waals surface area contributed by atoms with Crippen LogP contribution in [0.5, 0.6) is 0 Å². The van der Waals surface area contributed by atoms with Crippen molar-refractivity contribution in [1.82, 2.24) is 20.3 Å². The van der Waals surface area contributed by atoms with Gasteiger partial charge in [-0.2, -0.15) is 0 Å². The standard InChI is InChI=1S/C26H36FN5O3.CH3I/c1-3-4-5-6-20(2)35-30-25(34)22-17-28-26(29-18-22)32-15-13-31(14-16-32)24(19-33)12-9-21-7-10-23(27)11-8-21;1-2/h7-12,17-18,20,24,33H,3-6,13-16,19H2,1-2H3,(H,30,34);1H3/b12-9+;. The third-order valence-corrected chi connectivity index (χ3v) is 6.10. The number of hydrogen-bond acceptors (Lipinski definition) is 7. The van der Waals surface area contributed by atoms with Gasteiger partial charge in [-0.1, -0.05) is 73.1 Å². The fraction of sp³-hybridized carbons (Fsp3) is 0.519. The minimum atomic E-state index is -0.359. The highest BCUT2D eigenvalue weighted by atomic mass is 127. The summed E-state index contributed by atoms with van der Waals surface area (Å²) in [5.41, 5.74) is 3.72. The van der Waals surface area contributed by atoms with Crippen LogP contribution in [0.1, 0.15) is 55.5 Å². The van der Waals surface area contributed by atoms with Gasteiger partial charge in [-0.05, 0) is 36.0 Å². The highest BCUT2D eigenvalue weighted by molar-refractivity contribution is 14.1. The van der Waals surface area contributed by atoms with Gasteiger partial charge in [-0.15, -0.1) is 0 Å². The lowest BCUT2D eigenvalue weighted by atomic mass is 10.1. The van der Waals surface area contributed by atoms with Crippen molar-refractivity contribution in [2.45, 2.75) is 51.7 Å². The van der Waals surface area contributed by atoms with Gasteiger partial charge in [-0.3, -0.25) is 14.5 Å². The maximum Gasteiger partial charge on any atom is 0.277 e. The summed E-state index contributed by atoms with van der Waals surface area (Å²) in [6.45, 7) is 6.95. The maximum absolute atomic E-state index is 13.1. The molecule has 1 amide bonds. The zero-order valence-electron chi connectivity index (χ0n) is 21.9. The molecule has 0 spiro atoms. The molecule has 2 heterocycles. The number of nitrogens with zero attached hydrogens (tertiary/aromatic N) is 4. The maximum atomic E-state index is 13.1. The lowest BCUT2D eigenvalue weighted by Crippen LogP contribution is -2.51. The highest BCUT2D eigenvalue weighted by Gasteiger charge is 2.23. The molecule has 2 N–H and O–H groups in total. The average Bonchev–Trinajstić information content (AvgIpc) is 2.95. The van der Waals surface area contributed by atoms with Crippen molar-refractivity contribution in [3.63, 3.8) is 0 Å². The SMILES string of the molecule is CCCCCC(C)ONC(=O)c1cnc(N2CCN(C(/C=C/c3ccc(F)cc3)CO)CC2)nc1.CI. The number of aliphatic hydroxyl groups is 1. The number of unbranched alkanes of at least 4 members (excludes halogenated alkanes) is 2. The Kier molecular flexibility index (Phi) is 14.6. The van der Waals surface area contributed by atoms with Crippen LogP contribution in [0.25, 0.3) is 6.08 Å². The Morgan fingerprint density at radius 1 is 1.16 bits per heavy atom. The van der Waals surface area contributed by atoms with Crippen molar-refractivity contribution in [3.05, 3.63) is 59.7 Å². The lowest BCUT2D eigenvalue weighted by Gasteiger charge is -2.37. The number of carbonyl (C=O) groups excluding carboxylic acids is 1. The molecule has 8 nitrogen and oxygen atoms in total. The second-order valence-corrected chi connectivity index (χ2v) is 8.81. The number of nitrogens with one attached hydrogen (secondary N) is 1. The predicted molar refractivity (Wildman–Crippen MR) is 154 cm³/mol. The number of hydroxylamine groups is 1. The Bertz CT molecular complexity index is 938. The van der Waals surface area contributed by atoms with Crippen molar-refractivity contribution < 1.29 is 19.1 Å². The molecule has 0 bridgehead atoms. The fourth-order valence-corrected chi connectivity index (χ4v) is 3.90. The molecule has 1 saturated heterocycles. The van der Waals surface area contributed by atoms with Crippen LogP contribution in [0.15, 0.2) is 42.7 Å². The van der Waals surface area contributed by atoms with E-state index in [0.717, 1.165) is 44.3 Å². The van der Waals surface area contributed by atoms with Crippen LogP contribution in [0.4, 0.5) is 10.3 Å². The van der Waals surface area contributed by atoms with Gasteiger partial charge in [0, 0.05) is 38.6 Å². The van der Waals surface area contributed by atoms with E-state index in [2.05, 4.69) is 54.8 Å². The number of alkyl halides is 1. The molecule has 1 aromatic carbocycles. The first-order valence-electron chi connectivity index (χ1n) is 12.7. The number of rotatable bonds is 12. The summed E-state index contributed by atoms with van der Waals surface area (Å²) in [4.78, 5) is 32.7. The van der Waals surface area contributed by atoms with E-state index in [4.69, 9.17) is 4.84 Å². The molecule has 2 aromatic rings. The molecule has 2 atom stereocenters. The van der Waals surface area contributed by atoms with E-state index < -0.39 is 0 Å². The van der Waals surface area contributed by atoms with E-state index in [1.54, 1.807) is 12.1 Å². The predicted octanol–water partition coefficient (Wildman–Crippen LogP) is 4.49. The molecule has 37 heavy (non-hydrogen) atoms. The summed E-state index contributed by atoms with van der Waals surface area (Å²) in [7, 11) is 0. The first-order valence-corrected chi connectivity index (χ1v) is 14.8. The van der Waals surface area contributed by atoms with Crippen LogP contribution in [-0.4, -0.2) is 75.7 Å². The minimum absolute atomic E-state index is 0.00268. The van der Waals surface area contributed by atoms with Gasteiger partial charge < -0.3 is 10.0 Å². The smallest absolute Gasteiger partial charge is 0.277 e. The van der Waals surface area contributed by atoms with Crippen LogP contribution in [0.2, 0.25) is 0 Å². The zero-order chi connectivity index (χ0) is 27.0. The van der Waals surface area contributed by atoms with Crippen LogP contribution in [-0.2, 0) is 4.84 Å². The number of amides is 1. The largest absolute Gasteiger partial charge is 0.394 e. The number of anilines is 1. The van der Waals surface area contributed by atoms with Gasteiger partial charge in [0.15, 0.2) is 0 Å². The molecule has 1 aliphatic heterocycles. The van der Waals surface area contributed by atoms with Gasteiger partial charge >= 0.3 is 0 Å². The molecule has 1 aliphatic rings. The van der Waals surface area contributed by atoms with Crippen molar-refractivity contribution in [2.75, 3.05) is 42.6 Å². The molecule has 3 rings (SSSR count). The van der Waals surface area contributed by atoms with E-state index >= 15 is 0 Å². The van der Waals surface area contributed by atoms with Crippen LogP contribution in [0.3, 0.4) is 0 Å². The van der Waals surface area contributed by atoms with Crippen molar-refractivity contribution >= 4 is 40.5 Å². The molecule has 2 unspecified atom stereocenters. The van der Waals surface area contributed by atoms with E-state index in [0.29, 0.717) is 24.6 Å². The molecular weight excluding hydrogens is 588 g/mol. The van der Waals surface area contributed by atoms with Crippen molar-refractivity contribution in [1.29, 1.82) is 0 Å². The number of aliphatic hydroxyl groups excluding tert-OH is 1. The van der Waals surface area contributed by atoms with E-state index in [1.165, 1.54) is 24.5 Å². The van der Waals surface area contributed by atoms with Crippen molar-refractivity contribution in [3.8, 4) is 0 Å². The van der Waals surface area contributed by atoms with Crippen LogP contribution < -0.4 is 10.4 Å². The Morgan fingerprint density at radius 2 is 1.81 bits per heavy atom. The summed E-state index contributed by atoms with van der Waals surface area (Å²) in [5, 5.41) is 9.86. The van der Waals surface area contributed by atoms with Gasteiger partial charge in [-0.25, -0.2) is 19.8 Å². The van der Waals surface area contributed by atoms with Crippen LogP contribution in [0, 0.1) is 5.82 Å². The summed E-state index contributed by atoms with van der Waals surface area (Å²) < 4.78 is 13.1. The first kappa shape index (κ1) is 31.1. The van der Waals surface area contributed by atoms with E-state index in [-0.39, 0.29) is 30.5 Å². The monoisotopic (exact) mass is 627 g/mol. The third kappa shape index (κ3) is 10.6. The molecule has 204 valence electrons. The fourth-order valence-electron chi connectivity index (χ4n) is 3.90. The topological polar surface area (TPSA) is 90.8 Å². The highest BCUT2D eigenvalue weighted by Crippen LogP contribution is 2.15. The van der Waals surface area contributed by atoms with Crippen molar-refractivity contribution in [2.24, 2.45) is 0 Å². The molecular formula is C27H39FIN5O3. The normalized spacial score (nSPS) is 15.7. The molecule has 0 radical (unpaired) electrons. The van der Waals surface area contributed by atoms with Crippen LogP contribution >= 0.6 is 22.6 Å². The summed E-state index contributed by atoms with van der Waals surface area (Å²) >= 11 is 2.15. The number of halogens is 2. The number of hydrogen-bond donors (Lipinski definition) is 2. The zero-order valence-corrected chi connectivity index (χ0v) is 24.1. The lowest BCUT2D eigenvalue weighted by molar-refractivity contribution is -0.0119. The average molecular weight is 628 g/mol. The number of benzene rings is 1. The Morgan fingerprint density at radius 3 is 2.41 bits per heavy atom. The van der Waals surface area contributed by atoms with Gasteiger partial charge in [0.2, 0.25) is 5.95 Å². The molecule has 0 aliphatic carbocycles.